The summed E-state index contributed by atoms with van der Waals surface area (Å²) in [6.07, 6.45) is 3.08. The zero-order valence-corrected chi connectivity index (χ0v) is 13.2. The van der Waals surface area contributed by atoms with Gasteiger partial charge in [0.25, 0.3) is 5.79 Å². The molecule has 0 spiro atoms. The number of hydrogen-bond donors (Lipinski definition) is 0. The fourth-order valence-corrected chi connectivity index (χ4v) is 3.27. The first-order chi connectivity index (χ1) is 11.6. The minimum Gasteiger partial charge on any atom is -0.343 e. The van der Waals surface area contributed by atoms with Gasteiger partial charge in [-0.1, -0.05) is 24.3 Å². The third-order valence-electron chi connectivity index (χ3n) is 4.46. The lowest BCUT2D eigenvalue weighted by atomic mass is 9.88. The molecule has 0 radical (unpaired) electrons. The number of carbonyl (C=O) groups excluding carboxylic acids is 1. The number of benzene rings is 2. The van der Waals surface area contributed by atoms with E-state index < -0.39 is 5.79 Å². The second-order valence-corrected chi connectivity index (χ2v) is 5.62. The summed E-state index contributed by atoms with van der Waals surface area (Å²) in [5.74, 6) is -2.18. The third-order valence-corrected chi connectivity index (χ3v) is 4.46. The van der Waals surface area contributed by atoms with E-state index in [1.54, 1.807) is 18.2 Å². The Kier molecular flexibility index (Phi) is 3.23. The van der Waals surface area contributed by atoms with E-state index in [1.165, 1.54) is 26.4 Å². The standard InChI is InChI=1S/C19H14FNO3/c1-23-19(24-2)14-8-6-12-10-11-4-3-5-15(20)18(11)21-17(12)13(14)7-9-16(19)22/h3-10H,1-2H3. The highest BCUT2D eigenvalue weighted by Gasteiger charge is 2.43. The molecule has 0 N–H and O–H groups in total. The van der Waals surface area contributed by atoms with Crippen molar-refractivity contribution in [2.75, 3.05) is 14.2 Å². The fourth-order valence-electron chi connectivity index (χ4n) is 3.27. The molecule has 0 unspecified atom stereocenters. The molecule has 3 aromatic rings. The minimum absolute atomic E-state index is 0.295. The van der Waals surface area contributed by atoms with Gasteiger partial charge in [-0.3, -0.25) is 4.79 Å². The highest BCUT2D eigenvalue weighted by Crippen LogP contribution is 2.38. The molecule has 2 aromatic carbocycles. The Bertz CT molecular complexity index is 1020. The van der Waals surface area contributed by atoms with Crippen LogP contribution in [0.1, 0.15) is 11.1 Å². The monoisotopic (exact) mass is 323 g/mol. The number of ketones is 1. The molecule has 0 atom stereocenters. The molecule has 4 rings (SSSR count). The molecule has 0 amide bonds. The van der Waals surface area contributed by atoms with Gasteiger partial charge in [0.2, 0.25) is 5.78 Å². The van der Waals surface area contributed by atoms with Crippen molar-refractivity contribution in [3.63, 3.8) is 0 Å². The topological polar surface area (TPSA) is 48.4 Å². The summed E-state index contributed by atoms with van der Waals surface area (Å²) in [6, 6.07) is 10.4. The molecule has 120 valence electrons. The lowest BCUT2D eigenvalue weighted by Gasteiger charge is -2.32. The number of ether oxygens (including phenoxy) is 2. The summed E-state index contributed by atoms with van der Waals surface area (Å²) in [4.78, 5) is 16.8. The predicted molar refractivity (Wildman–Crippen MR) is 88.9 cm³/mol. The van der Waals surface area contributed by atoms with E-state index in [-0.39, 0.29) is 11.6 Å². The van der Waals surface area contributed by atoms with E-state index in [2.05, 4.69) is 4.98 Å². The maximum atomic E-state index is 14.1. The number of aromatic nitrogens is 1. The molecule has 24 heavy (non-hydrogen) atoms. The number of rotatable bonds is 2. The number of fused-ring (bicyclic) bond motifs is 4. The molecule has 1 aromatic heterocycles. The first-order valence-electron chi connectivity index (χ1n) is 7.46. The number of halogens is 1. The van der Waals surface area contributed by atoms with Gasteiger partial charge < -0.3 is 9.47 Å². The molecular formula is C19H14FNO3. The highest BCUT2D eigenvalue weighted by atomic mass is 19.1. The van der Waals surface area contributed by atoms with Gasteiger partial charge in [-0.2, -0.15) is 0 Å². The van der Waals surface area contributed by atoms with Crippen LogP contribution in [0.15, 0.2) is 42.5 Å². The van der Waals surface area contributed by atoms with Crippen molar-refractivity contribution in [3.8, 4) is 0 Å². The van der Waals surface area contributed by atoms with Crippen LogP contribution in [0.3, 0.4) is 0 Å². The smallest absolute Gasteiger partial charge is 0.260 e. The van der Waals surface area contributed by atoms with Crippen molar-refractivity contribution < 1.29 is 18.7 Å². The first kappa shape index (κ1) is 14.9. The third kappa shape index (κ3) is 1.85. The number of nitrogens with zero attached hydrogens (tertiary/aromatic N) is 1. The van der Waals surface area contributed by atoms with Gasteiger partial charge in [-0.05, 0) is 24.3 Å². The molecule has 1 heterocycles. The normalized spacial score (nSPS) is 15.9. The van der Waals surface area contributed by atoms with Crippen LogP contribution in [0.5, 0.6) is 0 Å². The Labute approximate surface area is 137 Å². The van der Waals surface area contributed by atoms with E-state index in [4.69, 9.17) is 9.47 Å². The van der Waals surface area contributed by atoms with Crippen LogP contribution in [0.25, 0.3) is 27.9 Å². The maximum absolute atomic E-state index is 14.1. The van der Waals surface area contributed by atoms with Crippen molar-refractivity contribution in [2.45, 2.75) is 5.79 Å². The number of pyridine rings is 1. The molecular weight excluding hydrogens is 309 g/mol. The van der Waals surface area contributed by atoms with Gasteiger partial charge >= 0.3 is 0 Å². The highest BCUT2D eigenvalue weighted by molar-refractivity contribution is 6.07. The van der Waals surface area contributed by atoms with Gasteiger partial charge in [0.05, 0.1) is 5.52 Å². The quantitative estimate of drug-likeness (QED) is 0.534. The maximum Gasteiger partial charge on any atom is 0.260 e. The van der Waals surface area contributed by atoms with E-state index in [0.29, 0.717) is 22.2 Å². The van der Waals surface area contributed by atoms with Crippen LogP contribution < -0.4 is 0 Å². The summed E-state index contributed by atoms with van der Waals surface area (Å²) in [5, 5.41) is 1.58. The molecule has 0 saturated carbocycles. The van der Waals surface area contributed by atoms with Gasteiger partial charge in [-0.25, -0.2) is 9.37 Å². The Balaban J connectivity index is 2.12. The molecule has 5 heteroatoms. The number of hydrogen-bond acceptors (Lipinski definition) is 4. The Morgan fingerprint density at radius 2 is 1.75 bits per heavy atom. The Hall–Kier alpha value is -2.63. The lowest BCUT2D eigenvalue weighted by molar-refractivity contribution is -0.209. The van der Waals surface area contributed by atoms with Crippen molar-refractivity contribution in [1.29, 1.82) is 0 Å². The number of carbonyl (C=O) groups is 1. The van der Waals surface area contributed by atoms with E-state index in [1.807, 2.05) is 18.2 Å². The molecule has 4 nitrogen and oxygen atoms in total. The zero-order valence-electron chi connectivity index (χ0n) is 13.2. The van der Waals surface area contributed by atoms with Gasteiger partial charge in [-0.15, -0.1) is 0 Å². The van der Waals surface area contributed by atoms with Crippen LogP contribution in [0.4, 0.5) is 4.39 Å². The predicted octanol–water partition coefficient (Wildman–Crippen LogP) is 3.57. The Morgan fingerprint density at radius 3 is 2.50 bits per heavy atom. The summed E-state index contributed by atoms with van der Waals surface area (Å²) in [6.45, 7) is 0. The van der Waals surface area contributed by atoms with Crippen molar-refractivity contribution in [3.05, 3.63) is 59.4 Å². The summed E-state index contributed by atoms with van der Waals surface area (Å²) >= 11 is 0. The molecule has 0 saturated heterocycles. The summed E-state index contributed by atoms with van der Waals surface area (Å²) in [7, 11) is 2.84. The number of methoxy groups -OCH3 is 2. The van der Waals surface area contributed by atoms with Crippen LogP contribution >= 0.6 is 0 Å². The van der Waals surface area contributed by atoms with Gasteiger partial charge in [0, 0.05) is 36.1 Å². The van der Waals surface area contributed by atoms with Crippen molar-refractivity contribution >= 4 is 33.7 Å². The van der Waals surface area contributed by atoms with E-state index >= 15 is 0 Å². The van der Waals surface area contributed by atoms with E-state index in [9.17, 15) is 9.18 Å². The average molecular weight is 323 g/mol. The summed E-state index contributed by atoms with van der Waals surface area (Å²) < 4.78 is 24.9. The van der Waals surface area contributed by atoms with Gasteiger partial charge in [0.1, 0.15) is 11.3 Å². The van der Waals surface area contributed by atoms with Crippen molar-refractivity contribution in [2.24, 2.45) is 0 Å². The second-order valence-electron chi connectivity index (χ2n) is 5.62. The molecule has 1 aliphatic carbocycles. The first-order valence-corrected chi connectivity index (χ1v) is 7.46. The van der Waals surface area contributed by atoms with Gasteiger partial charge in [0.15, 0.2) is 0 Å². The van der Waals surface area contributed by atoms with E-state index in [0.717, 1.165) is 10.8 Å². The van der Waals surface area contributed by atoms with Crippen LogP contribution in [0.2, 0.25) is 0 Å². The van der Waals surface area contributed by atoms with Crippen LogP contribution in [0, 0.1) is 5.82 Å². The molecule has 1 aliphatic rings. The fraction of sp³-hybridized carbons (Fsp3) is 0.158. The summed E-state index contributed by atoms with van der Waals surface area (Å²) in [5.41, 5.74) is 2.16. The minimum atomic E-state index is -1.50. The SMILES string of the molecule is COC1(OC)C(=O)C=Cc2c1ccc1cc3cccc(F)c3nc21. The average Bonchev–Trinajstić information content (AvgIpc) is 2.61. The Morgan fingerprint density at radius 1 is 1.00 bits per heavy atom. The van der Waals surface area contributed by atoms with Crippen molar-refractivity contribution in [1.82, 2.24) is 4.98 Å². The molecule has 0 fully saturated rings. The molecule has 0 aliphatic heterocycles. The second kappa shape index (κ2) is 5.19. The number of para-hydroxylation sites is 1. The van der Waals surface area contributed by atoms with Crippen LogP contribution in [-0.4, -0.2) is 25.0 Å². The zero-order chi connectivity index (χ0) is 16.9. The largest absolute Gasteiger partial charge is 0.343 e. The molecule has 0 bridgehead atoms. The lowest BCUT2D eigenvalue weighted by Crippen LogP contribution is -2.41. The van der Waals surface area contributed by atoms with Crippen LogP contribution in [-0.2, 0) is 20.1 Å².